The van der Waals surface area contributed by atoms with Crippen molar-refractivity contribution in [1.82, 2.24) is 0 Å². The highest BCUT2D eigenvalue weighted by atomic mass is 35.5. The van der Waals surface area contributed by atoms with Crippen LogP contribution < -0.4 is 19.7 Å². The molecule has 0 saturated carbocycles. The van der Waals surface area contributed by atoms with Crippen molar-refractivity contribution >= 4 is 40.3 Å². The number of halogens is 3. The number of nitrogens with zero attached hydrogens (tertiary/aromatic N) is 1. The first-order valence-electron chi connectivity index (χ1n) is 6.79. The molecular weight excluding hydrogens is 358 g/mol. The molecule has 2 rings (SSSR count). The fraction of sp³-hybridized carbons (Fsp3) is 0.188. The summed E-state index contributed by atoms with van der Waals surface area (Å²) in [5.74, 6) is -1.06. The van der Waals surface area contributed by atoms with Gasteiger partial charge < -0.3 is 19.7 Å². The molecule has 128 valence electrons. The molecule has 2 aromatic carbocycles. The Morgan fingerprint density at radius 3 is 2.46 bits per heavy atom. The average Bonchev–Trinajstić information content (AvgIpc) is 2.57. The summed E-state index contributed by atoms with van der Waals surface area (Å²) in [5.41, 5.74) is 0.475. The molecule has 0 spiro atoms. The third-order valence-electron chi connectivity index (χ3n) is 3.31. The summed E-state index contributed by atoms with van der Waals surface area (Å²) in [6.45, 7) is 0. The quantitative estimate of drug-likeness (QED) is 0.801. The fourth-order valence-electron chi connectivity index (χ4n) is 2.02. The third kappa shape index (κ3) is 3.68. The second-order valence-electron chi connectivity index (χ2n) is 4.75. The van der Waals surface area contributed by atoms with Crippen LogP contribution in [0.3, 0.4) is 0 Å². The number of methoxy groups -OCH3 is 2. The van der Waals surface area contributed by atoms with Crippen LogP contribution >= 0.6 is 23.8 Å². The molecule has 0 aliphatic carbocycles. The molecule has 0 radical (unpaired) electrons. The van der Waals surface area contributed by atoms with Crippen LogP contribution in [0.4, 0.5) is 20.2 Å². The second kappa shape index (κ2) is 7.63. The Morgan fingerprint density at radius 2 is 1.83 bits per heavy atom. The van der Waals surface area contributed by atoms with Crippen molar-refractivity contribution in [2.24, 2.45) is 0 Å². The van der Waals surface area contributed by atoms with E-state index < -0.39 is 11.6 Å². The Bertz CT molecular complexity index is 774. The molecule has 0 amide bonds. The number of hydrogen-bond donors (Lipinski definition) is 1. The van der Waals surface area contributed by atoms with Gasteiger partial charge in [0.1, 0.15) is 11.5 Å². The highest BCUT2D eigenvalue weighted by Gasteiger charge is 2.17. The van der Waals surface area contributed by atoms with E-state index in [0.717, 1.165) is 6.07 Å². The summed E-state index contributed by atoms with van der Waals surface area (Å²) >= 11 is 11.3. The van der Waals surface area contributed by atoms with Crippen LogP contribution in [0.1, 0.15) is 0 Å². The first kappa shape index (κ1) is 18.2. The summed E-state index contributed by atoms with van der Waals surface area (Å²) < 4.78 is 37.6. The number of anilines is 2. The van der Waals surface area contributed by atoms with E-state index in [0.29, 0.717) is 22.2 Å². The summed E-state index contributed by atoms with van der Waals surface area (Å²) in [6.07, 6.45) is 0. The lowest BCUT2D eigenvalue weighted by molar-refractivity contribution is 0.396. The lowest BCUT2D eigenvalue weighted by Crippen LogP contribution is -2.31. The lowest BCUT2D eigenvalue weighted by Gasteiger charge is -2.23. The summed E-state index contributed by atoms with van der Waals surface area (Å²) in [6, 6.07) is 7.02. The maximum absolute atomic E-state index is 13.9. The standard InChI is InChI=1S/C16H15ClF2N2O2S/c1-21(12-6-4-5-10(18)15(12)19)16(24)20-11-7-9(17)13(22-2)8-14(11)23-3/h4-8H,1-3H3,(H,20,24). The molecule has 8 heteroatoms. The number of ether oxygens (including phenoxy) is 2. The first-order chi connectivity index (χ1) is 11.4. The minimum atomic E-state index is -0.983. The van der Waals surface area contributed by atoms with Gasteiger partial charge in [-0.05, 0) is 30.4 Å². The Morgan fingerprint density at radius 1 is 1.17 bits per heavy atom. The zero-order valence-corrected chi connectivity index (χ0v) is 14.8. The third-order valence-corrected chi connectivity index (χ3v) is 3.98. The van der Waals surface area contributed by atoms with Crippen LogP contribution in [-0.2, 0) is 0 Å². The Balaban J connectivity index is 2.29. The van der Waals surface area contributed by atoms with Gasteiger partial charge in [0, 0.05) is 13.1 Å². The van der Waals surface area contributed by atoms with Crippen LogP contribution in [-0.4, -0.2) is 26.4 Å². The predicted octanol–water partition coefficient (Wildman–Crippen LogP) is 4.47. The van der Waals surface area contributed by atoms with E-state index in [1.807, 2.05) is 0 Å². The molecule has 0 atom stereocenters. The zero-order valence-electron chi connectivity index (χ0n) is 13.2. The molecular formula is C16H15ClF2N2O2S. The lowest BCUT2D eigenvalue weighted by atomic mass is 10.2. The van der Waals surface area contributed by atoms with Gasteiger partial charge in [0.05, 0.1) is 30.6 Å². The minimum Gasteiger partial charge on any atom is -0.495 e. The smallest absolute Gasteiger partial charge is 0.182 e. The van der Waals surface area contributed by atoms with Crippen molar-refractivity contribution in [3.63, 3.8) is 0 Å². The monoisotopic (exact) mass is 372 g/mol. The number of benzene rings is 2. The summed E-state index contributed by atoms with van der Waals surface area (Å²) in [7, 11) is 4.48. The van der Waals surface area contributed by atoms with Crippen molar-refractivity contribution in [1.29, 1.82) is 0 Å². The van der Waals surface area contributed by atoms with Gasteiger partial charge in [-0.25, -0.2) is 8.78 Å². The van der Waals surface area contributed by atoms with Gasteiger partial charge in [-0.3, -0.25) is 0 Å². The Labute approximate surface area is 148 Å². The van der Waals surface area contributed by atoms with Crippen LogP contribution in [0.5, 0.6) is 11.5 Å². The van der Waals surface area contributed by atoms with Gasteiger partial charge in [-0.2, -0.15) is 0 Å². The van der Waals surface area contributed by atoms with E-state index in [2.05, 4.69) is 5.32 Å². The molecule has 0 aromatic heterocycles. The molecule has 0 unspecified atom stereocenters. The molecule has 24 heavy (non-hydrogen) atoms. The molecule has 0 aliphatic rings. The molecule has 1 N–H and O–H groups in total. The van der Waals surface area contributed by atoms with Gasteiger partial charge in [0.2, 0.25) is 0 Å². The minimum absolute atomic E-state index is 0.00563. The number of thiocarbonyl (C=S) groups is 1. The van der Waals surface area contributed by atoms with E-state index >= 15 is 0 Å². The highest BCUT2D eigenvalue weighted by molar-refractivity contribution is 7.80. The van der Waals surface area contributed by atoms with Crippen molar-refractivity contribution in [3.8, 4) is 11.5 Å². The topological polar surface area (TPSA) is 33.7 Å². The average molecular weight is 373 g/mol. The van der Waals surface area contributed by atoms with Gasteiger partial charge in [-0.1, -0.05) is 17.7 Å². The van der Waals surface area contributed by atoms with E-state index in [-0.39, 0.29) is 10.8 Å². The normalized spacial score (nSPS) is 10.2. The Hall–Kier alpha value is -2.12. The van der Waals surface area contributed by atoms with Crippen molar-refractivity contribution in [2.75, 3.05) is 31.5 Å². The van der Waals surface area contributed by atoms with E-state index in [4.69, 9.17) is 33.3 Å². The maximum Gasteiger partial charge on any atom is 0.182 e. The second-order valence-corrected chi connectivity index (χ2v) is 5.54. The molecule has 0 saturated heterocycles. The number of nitrogens with one attached hydrogen (secondary N) is 1. The molecule has 2 aromatic rings. The SMILES string of the molecule is COc1cc(OC)c(NC(=S)N(C)c2cccc(F)c2F)cc1Cl. The van der Waals surface area contributed by atoms with Crippen LogP contribution in [0.2, 0.25) is 5.02 Å². The molecule has 4 nitrogen and oxygen atoms in total. The number of rotatable bonds is 4. The maximum atomic E-state index is 13.9. The summed E-state index contributed by atoms with van der Waals surface area (Å²) in [4.78, 5) is 1.31. The van der Waals surface area contributed by atoms with E-state index in [1.54, 1.807) is 12.1 Å². The van der Waals surface area contributed by atoms with Gasteiger partial charge in [0.15, 0.2) is 16.7 Å². The van der Waals surface area contributed by atoms with Crippen molar-refractivity contribution < 1.29 is 18.3 Å². The van der Waals surface area contributed by atoms with Crippen LogP contribution in [0.15, 0.2) is 30.3 Å². The highest BCUT2D eigenvalue weighted by Crippen LogP contribution is 2.36. The molecule has 0 fully saturated rings. The van der Waals surface area contributed by atoms with E-state index in [9.17, 15) is 8.78 Å². The molecule has 0 bridgehead atoms. The van der Waals surface area contributed by atoms with Gasteiger partial charge >= 0.3 is 0 Å². The largest absolute Gasteiger partial charge is 0.495 e. The predicted molar refractivity (Wildman–Crippen MR) is 95.5 cm³/mol. The van der Waals surface area contributed by atoms with Gasteiger partial charge in [0.25, 0.3) is 0 Å². The summed E-state index contributed by atoms with van der Waals surface area (Å²) in [5, 5.41) is 3.39. The van der Waals surface area contributed by atoms with Crippen LogP contribution in [0, 0.1) is 11.6 Å². The molecule has 0 aliphatic heterocycles. The first-order valence-corrected chi connectivity index (χ1v) is 7.58. The number of hydrogen-bond acceptors (Lipinski definition) is 3. The van der Waals surface area contributed by atoms with Crippen LogP contribution in [0.25, 0.3) is 0 Å². The molecule has 0 heterocycles. The Kier molecular flexibility index (Phi) is 5.80. The zero-order chi connectivity index (χ0) is 17.9. The van der Waals surface area contributed by atoms with E-state index in [1.165, 1.54) is 38.3 Å². The fourth-order valence-corrected chi connectivity index (χ4v) is 2.47. The van der Waals surface area contributed by atoms with Gasteiger partial charge in [-0.15, -0.1) is 0 Å². The van der Waals surface area contributed by atoms with Crippen molar-refractivity contribution in [3.05, 3.63) is 47.0 Å². The van der Waals surface area contributed by atoms with Crippen molar-refractivity contribution in [2.45, 2.75) is 0 Å².